The van der Waals surface area contributed by atoms with Crippen molar-refractivity contribution in [3.8, 4) is 11.1 Å². The molecule has 0 amide bonds. The number of rotatable bonds is 1. The first-order valence-corrected chi connectivity index (χ1v) is 5.93. The normalized spacial score (nSPS) is 10.3. The highest BCUT2D eigenvalue weighted by molar-refractivity contribution is 9.10. The zero-order valence-corrected chi connectivity index (χ0v) is 10.8. The van der Waals surface area contributed by atoms with Crippen LogP contribution in [0.15, 0.2) is 46.9 Å². The minimum atomic E-state index is 0.559. The van der Waals surface area contributed by atoms with E-state index in [1.807, 2.05) is 42.5 Å². The van der Waals surface area contributed by atoms with Crippen molar-refractivity contribution in [1.29, 1.82) is 0 Å². The zero-order valence-electron chi connectivity index (χ0n) is 7.68. The predicted molar refractivity (Wildman–Crippen MR) is 69.6 cm³/mol. The van der Waals surface area contributed by atoms with Crippen molar-refractivity contribution in [3.05, 3.63) is 57.0 Å². The highest BCUT2D eigenvalue weighted by atomic mass is 79.9. The molecule has 0 saturated heterocycles. The van der Waals surface area contributed by atoms with Crippen molar-refractivity contribution in [2.75, 3.05) is 0 Å². The van der Waals surface area contributed by atoms with Crippen LogP contribution in [0.5, 0.6) is 0 Å². The molecule has 0 nitrogen and oxygen atoms in total. The number of halogens is 3. The van der Waals surface area contributed by atoms with Crippen LogP contribution in [0.1, 0.15) is 0 Å². The maximum absolute atomic E-state index is 5.98. The lowest BCUT2D eigenvalue weighted by atomic mass is 10.1. The highest BCUT2D eigenvalue weighted by Gasteiger charge is 2.06. The highest BCUT2D eigenvalue weighted by Crippen LogP contribution is 2.35. The van der Waals surface area contributed by atoms with E-state index in [0.717, 1.165) is 15.6 Å². The summed E-state index contributed by atoms with van der Waals surface area (Å²) in [6.07, 6.45) is 0. The van der Waals surface area contributed by atoms with E-state index in [1.54, 1.807) is 0 Å². The third-order valence-electron chi connectivity index (χ3n) is 2.09. The standard InChI is InChI=1S/C12H7BrCl2/c13-10-7-12(15)11(14)6-9(10)8-4-2-1-3-5-8/h1-7H. The lowest BCUT2D eigenvalue weighted by Gasteiger charge is -2.06. The van der Waals surface area contributed by atoms with E-state index in [4.69, 9.17) is 23.2 Å². The van der Waals surface area contributed by atoms with Gasteiger partial charge in [0.05, 0.1) is 10.0 Å². The molecular weight excluding hydrogens is 295 g/mol. The smallest absolute Gasteiger partial charge is 0.0603 e. The molecule has 15 heavy (non-hydrogen) atoms. The molecule has 0 radical (unpaired) electrons. The Hall–Kier alpha value is -0.500. The summed E-state index contributed by atoms with van der Waals surface area (Å²) in [5.41, 5.74) is 2.16. The Morgan fingerprint density at radius 1 is 0.867 bits per heavy atom. The van der Waals surface area contributed by atoms with Gasteiger partial charge in [-0.25, -0.2) is 0 Å². The van der Waals surface area contributed by atoms with E-state index in [9.17, 15) is 0 Å². The third kappa shape index (κ3) is 2.36. The molecular formula is C12H7BrCl2. The van der Waals surface area contributed by atoms with Gasteiger partial charge in [-0.05, 0) is 23.3 Å². The van der Waals surface area contributed by atoms with Gasteiger partial charge in [0.2, 0.25) is 0 Å². The maximum Gasteiger partial charge on any atom is 0.0603 e. The maximum atomic E-state index is 5.98. The van der Waals surface area contributed by atoms with Crippen LogP contribution in [0, 0.1) is 0 Å². The topological polar surface area (TPSA) is 0 Å². The van der Waals surface area contributed by atoms with E-state index in [-0.39, 0.29) is 0 Å². The van der Waals surface area contributed by atoms with Gasteiger partial charge >= 0.3 is 0 Å². The molecule has 0 spiro atoms. The quantitative estimate of drug-likeness (QED) is 0.617. The summed E-state index contributed by atoms with van der Waals surface area (Å²) in [4.78, 5) is 0. The van der Waals surface area contributed by atoms with Crippen molar-refractivity contribution in [1.82, 2.24) is 0 Å². The summed E-state index contributed by atoms with van der Waals surface area (Å²) in [6, 6.07) is 13.7. The monoisotopic (exact) mass is 300 g/mol. The molecule has 0 N–H and O–H groups in total. The molecule has 0 aliphatic rings. The van der Waals surface area contributed by atoms with Crippen molar-refractivity contribution in [3.63, 3.8) is 0 Å². The van der Waals surface area contributed by atoms with Gasteiger partial charge in [0.25, 0.3) is 0 Å². The first-order chi connectivity index (χ1) is 7.18. The Balaban J connectivity index is 2.59. The molecule has 76 valence electrons. The lowest BCUT2D eigenvalue weighted by molar-refractivity contribution is 1.58. The second-order valence-electron chi connectivity index (χ2n) is 3.11. The molecule has 0 aliphatic carbocycles. The van der Waals surface area contributed by atoms with E-state index in [2.05, 4.69) is 15.9 Å². The minimum absolute atomic E-state index is 0.559. The first-order valence-electron chi connectivity index (χ1n) is 4.38. The Kier molecular flexibility index (Phi) is 3.35. The first kappa shape index (κ1) is 11.0. The van der Waals surface area contributed by atoms with Gasteiger partial charge in [0.15, 0.2) is 0 Å². The largest absolute Gasteiger partial charge is 0.0827 e. The molecule has 0 saturated carbocycles. The van der Waals surface area contributed by atoms with Gasteiger partial charge in [0, 0.05) is 4.47 Å². The van der Waals surface area contributed by atoms with Crippen LogP contribution >= 0.6 is 39.1 Å². The summed E-state index contributed by atoms with van der Waals surface area (Å²) in [5, 5.41) is 1.13. The van der Waals surface area contributed by atoms with Gasteiger partial charge in [-0.3, -0.25) is 0 Å². The van der Waals surface area contributed by atoms with Crippen molar-refractivity contribution in [2.45, 2.75) is 0 Å². The Morgan fingerprint density at radius 2 is 1.47 bits per heavy atom. The van der Waals surface area contributed by atoms with Crippen LogP contribution in [-0.4, -0.2) is 0 Å². The van der Waals surface area contributed by atoms with Gasteiger partial charge in [0.1, 0.15) is 0 Å². The Morgan fingerprint density at radius 3 is 2.13 bits per heavy atom. The van der Waals surface area contributed by atoms with E-state index < -0.39 is 0 Å². The number of benzene rings is 2. The minimum Gasteiger partial charge on any atom is -0.0827 e. The molecule has 0 unspecified atom stereocenters. The average Bonchev–Trinajstić information content (AvgIpc) is 2.25. The van der Waals surface area contributed by atoms with Gasteiger partial charge in [-0.1, -0.05) is 69.5 Å². The van der Waals surface area contributed by atoms with Gasteiger partial charge in [-0.2, -0.15) is 0 Å². The summed E-state index contributed by atoms with van der Waals surface area (Å²) in [5.74, 6) is 0. The van der Waals surface area contributed by atoms with Crippen LogP contribution < -0.4 is 0 Å². The average molecular weight is 302 g/mol. The second-order valence-corrected chi connectivity index (χ2v) is 4.78. The number of hydrogen-bond donors (Lipinski definition) is 0. The summed E-state index contributed by atoms with van der Waals surface area (Å²) in [7, 11) is 0. The van der Waals surface area contributed by atoms with Gasteiger partial charge in [-0.15, -0.1) is 0 Å². The molecule has 0 bridgehead atoms. The molecule has 0 aliphatic heterocycles. The summed E-state index contributed by atoms with van der Waals surface area (Å²) >= 11 is 15.4. The van der Waals surface area contributed by atoms with E-state index in [0.29, 0.717) is 10.0 Å². The van der Waals surface area contributed by atoms with Crippen molar-refractivity contribution < 1.29 is 0 Å². The SMILES string of the molecule is Clc1cc(Br)c(-c2ccccc2)cc1Cl. The predicted octanol–water partition coefficient (Wildman–Crippen LogP) is 5.42. The fourth-order valence-corrected chi connectivity index (χ4v) is 2.39. The molecule has 2 aromatic carbocycles. The molecule has 0 atom stereocenters. The molecule has 2 rings (SSSR count). The zero-order chi connectivity index (χ0) is 10.8. The Bertz CT molecular complexity index is 480. The third-order valence-corrected chi connectivity index (χ3v) is 3.47. The fraction of sp³-hybridized carbons (Fsp3) is 0. The molecule has 0 fully saturated rings. The van der Waals surface area contributed by atoms with Crippen molar-refractivity contribution >= 4 is 39.1 Å². The molecule has 2 aromatic rings. The van der Waals surface area contributed by atoms with Crippen LogP contribution in [0.2, 0.25) is 10.0 Å². The van der Waals surface area contributed by atoms with Crippen molar-refractivity contribution in [2.24, 2.45) is 0 Å². The van der Waals surface area contributed by atoms with Crippen LogP contribution in [0.3, 0.4) is 0 Å². The molecule has 0 aromatic heterocycles. The Labute approximate surface area is 107 Å². The fourth-order valence-electron chi connectivity index (χ4n) is 1.36. The van der Waals surface area contributed by atoms with Gasteiger partial charge < -0.3 is 0 Å². The second kappa shape index (κ2) is 4.56. The number of hydrogen-bond acceptors (Lipinski definition) is 0. The summed E-state index contributed by atoms with van der Waals surface area (Å²) < 4.78 is 0.947. The van der Waals surface area contributed by atoms with E-state index in [1.165, 1.54) is 0 Å². The summed E-state index contributed by atoms with van der Waals surface area (Å²) in [6.45, 7) is 0. The van der Waals surface area contributed by atoms with E-state index >= 15 is 0 Å². The van der Waals surface area contributed by atoms with Crippen LogP contribution in [0.4, 0.5) is 0 Å². The molecule has 0 heterocycles. The van der Waals surface area contributed by atoms with Crippen LogP contribution in [-0.2, 0) is 0 Å². The molecule has 3 heteroatoms. The van der Waals surface area contributed by atoms with Crippen LogP contribution in [0.25, 0.3) is 11.1 Å². The lowest BCUT2D eigenvalue weighted by Crippen LogP contribution is -1.80.